The number of aromatic carboxylic acids is 1. The van der Waals surface area contributed by atoms with E-state index in [1.807, 2.05) is 24.3 Å². The summed E-state index contributed by atoms with van der Waals surface area (Å²) in [5, 5.41) is 11.4. The molecule has 0 spiro atoms. The highest BCUT2D eigenvalue weighted by Crippen LogP contribution is 2.21. The van der Waals surface area contributed by atoms with Crippen LogP contribution in [-0.2, 0) is 5.75 Å². The van der Waals surface area contributed by atoms with Gasteiger partial charge in [-0.3, -0.25) is 4.79 Å². The van der Waals surface area contributed by atoms with Gasteiger partial charge >= 0.3 is 5.97 Å². The fourth-order valence-corrected chi connectivity index (χ4v) is 2.47. The van der Waals surface area contributed by atoms with Crippen molar-refractivity contribution in [1.82, 2.24) is 0 Å². The summed E-state index contributed by atoms with van der Waals surface area (Å²) in [6.07, 6.45) is 0. The van der Waals surface area contributed by atoms with Crippen LogP contribution < -0.4 is 10.1 Å². The average Bonchev–Trinajstić information content (AvgIpc) is 2.53. The maximum Gasteiger partial charge on any atom is 0.337 e. The lowest BCUT2D eigenvalue weighted by Gasteiger charge is -2.08. The highest BCUT2D eigenvalue weighted by Gasteiger charge is 2.12. The number of nitrogens with one attached hydrogen (secondary N) is 1. The van der Waals surface area contributed by atoms with Gasteiger partial charge in [-0.25, -0.2) is 4.79 Å². The van der Waals surface area contributed by atoms with Gasteiger partial charge in [0.2, 0.25) is 0 Å². The van der Waals surface area contributed by atoms with Crippen LogP contribution in [0.3, 0.4) is 0 Å². The molecule has 0 fully saturated rings. The number of carbonyl (C=O) groups excluding carboxylic acids is 1. The Morgan fingerprint density at radius 1 is 1.14 bits per heavy atom. The van der Waals surface area contributed by atoms with E-state index in [1.54, 1.807) is 25.3 Å². The Morgan fingerprint density at radius 3 is 2.45 bits per heavy atom. The molecular formula is C16H15NO4S. The number of anilines is 1. The van der Waals surface area contributed by atoms with Crippen LogP contribution in [0.2, 0.25) is 0 Å². The summed E-state index contributed by atoms with van der Waals surface area (Å²) in [5.74, 6) is 0.176. The maximum absolute atomic E-state index is 11.9. The molecule has 0 saturated carbocycles. The van der Waals surface area contributed by atoms with Gasteiger partial charge < -0.3 is 15.2 Å². The first-order valence-electron chi connectivity index (χ1n) is 6.49. The topological polar surface area (TPSA) is 75.6 Å². The van der Waals surface area contributed by atoms with Gasteiger partial charge in [0.15, 0.2) is 0 Å². The number of benzene rings is 2. The van der Waals surface area contributed by atoms with Crippen LogP contribution in [0.1, 0.15) is 15.9 Å². The van der Waals surface area contributed by atoms with Crippen molar-refractivity contribution in [3.63, 3.8) is 0 Å². The summed E-state index contributed by atoms with van der Waals surface area (Å²) in [7, 11) is 1.59. The van der Waals surface area contributed by atoms with Crippen molar-refractivity contribution in [2.24, 2.45) is 0 Å². The zero-order valence-corrected chi connectivity index (χ0v) is 12.7. The molecule has 0 aliphatic carbocycles. The molecular weight excluding hydrogens is 302 g/mol. The van der Waals surface area contributed by atoms with Gasteiger partial charge in [-0.1, -0.05) is 36.0 Å². The molecule has 1 amide bonds. The number of para-hydroxylation sites is 1. The van der Waals surface area contributed by atoms with E-state index in [0.29, 0.717) is 11.4 Å². The molecule has 0 heterocycles. The summed E-state index contributed by atoms with van der Waals surface area (Å²) in [4.78, 5) is 23.0. The van der Waals surface area contributed by atoms with E-state index in [9.17, 15) is 9.59 Å². The molecule has 2 rings (SSSR count). The number of carbonyl (C=O) groups is 2. The molecule has 0 radical (unpaired) electrons. The third-order valence-electron chi connectivity index (χ3n) is 2.92. The lowest BCUT2D eigenvalue weighted by atomic mass is 10.2. The standard InChI is InChI=1S/C16H15NO4S/c1-21-12-8-6-11(7-9-12)10-22-16(20)17-14-5-3-2-4-13(14)15(18)19/h2-9H,10H2,1H3,(H,17,20)(H,18,19). The van der Waals surface area contributed by atoms with Crippen molar-refractivity contribution in [2.45, 2.75) is 5.75 Å². The SMILES string of the molecule is COc1ccc(CSC(=O)Nc2ccccc2C(=O)O)cc1. The lowest BCUT2D eigenvalue weighted by molar-refractivity contribution is 0.0698. The van der Waals surface area contributed by atoms with Gasteiger partial charge in [0.25, 0.3) is 5.24 Å². The Bertz CT molecular complexity index is 670. The molecule has 2 aromatic rings. The smallest absolute Gasteiger partial charge is 0.337 e. The van der Waals surface area contributed by atoms with Crippen LogP contribution in [0.4, 0.5) is 10.5 Å². The Morgan fingerprint density at radius 2 is 1.82 bits per heavy atom. The molecule has 0 saturated heterocycles. The van der Waals surface area contributed by atoms with Gasteiger partial charge in [-0.05, 0) is 29.8 Å². The highest BCUT2D eigenvalue weighted by atomic mass is 32.2. The molecule has 6 heteroatoms. The van der Waals surface area contributed by atoms with Crippen molar-refractivity contribution >= 4 is 28.7 Å². The second-order valence-electron chi connectivity index (χ2n) is 4.40. The highest BCUT2D eigenvalue weighted by molar-refractivity contribution is 8.13. The molecule has 0 aromatic heterocycles. The number of carboxylic acids is 1. The molecule has 0 aliphatic heterocycles. The Labute approximate surface area is 132 Å². The first kappa shape index (κ1) is 15.9. The largest absolute Gasteiger partial charge is 0.497 e. The number of methoxy groups -OCH3 is 1. The van der Waals surface area contributed by atoms with Crippen molar-refractivity contribution in [2.75, 3.05) is 12.4 Å². The van der Waals surface area contributed by atoms with Crippen LogP contribution in [0.25, 0.3) is 0 Å². The second kappa shape index (κ2) is 7.51. The third kappa shape index (κ3) is 4.26. The average molecular weight is 317 g/mol. The molecule has 114 valence electrons. The van der Waals surface area contributed by atoms with Crippen LogP contribution in [0.5, 0.6) is 5.75 Å². The number of hydrogen-bond acceptors (Lipinski definition) is 4. The first-order chi connectivity index (χ1) is 10.6. The monoisotopic (exact) mass is 317 g/mol. The minimum absolute atomic E-state index is 0.0703. The third-order valence-corrected chi connectivity index (χ3v) is 3.77. The lowest BCUT2D eigenvalue weighted by Crippen LogP contribution is -2.10. The predicted molar refractivity (Wildman–Crippen MR) is 86.7 cm³/mol. The second-order valence-corrected chi connectivity index (χ2v) is 5.35. The van der Waals surface area contributed by atoms with E-state index >= 15 is 0 Å². The molecule has 0 unspecified atom stereocenters. The Hall–Kier alpha value is -2.47. The van der Waals surface area contributed by atoms with Crippen LogP contribution >= 0.6 is 11.8 Å². The normalized spacial score (nSPS) is 10.0. The number of ether oxygens (including phenoxy) is 1. The molecule has 2 N–H and O–H groups in total. The van der Waals surface area contributed by atoms with E-state index in [2.05, 4.69) is 5.32 Å². The van der Waals surface area contributed by atoms with Gasteiger partial charge in [-0.2, -0.15) is 0 Å². The zero-order valence-electron chi connectivity index (χ0n) is 11.9. The van der Waals surface area contributed by atoms with E-state index in [-0.39, 0.29) is 10.8 Å². The van der Waals surface area contributed by atoms with E-state index in [0.717, 1.165) is 23.1 Å². The van der Waals surface area contributed by atoms with Gasteiger partial charge in [0.1, 0.15) is 5.75 Å². The number of thioether (sulfide) groups is 1. The van der Waals surface area contributed by atoms with E-state index in [4.69, 9.17) is 9.84 Å². The van der Waals surface area contributed by atoms with Crippen molar-refractivity contribution in [3.05, 3.63) is 59.7 Å². The van der Waals surface area contributed by atoms with Gasteiger partial charge in [-0.15, -0.1) is 0 Å². The predicted octanol–water partition coefficient (Wildman–Crippen LogP) is 3.86. The fourth-order valence-electron chi connectivity index (χ4n) is 1.80. The van der Waals surface area contributed by atoms with Crippen molar-refractivity contribution in [3.8, 4) is 5.75 Å². The summed E-state index contributed by atoms with van der Waals surface area (Å²) in [5.41, 5.74) is 1.34. The van der Waals surface area contributed by atoms with E-state index in [1.165, 1.54) is 6.07 Å². The van der Waals surface area contributed by atoms with Gasteiger partial charge in [0, 0.05) is 5.75 Å². The van der Waals surface area contributed by atoms with Crippen LogP contribution in [0, 0.1) is 0 Å². The zero-order chi connectivity index (χ0) is 15.9. The van der Waals surface area contributed by atoms with Crippen LogP contribution in [-0.4, -0.2) is 23.4 Å². The molecule has 22 heavy (non-hydrogen) atoms. The van der Waals surface area contributed by atoms with Crippen molar-refractivity contribution in [1.29, 1.82) is 0 Å². The molecule has 5 nitrogen and oxygen atoms in total. The van der Waals surface area contributed by atoms with Gasteiger partial charge in [0.05, 0.1) is 18.4 Å². The minimum atomic E-state index is -1.07. The maximum atomic E-state index is 11.9. The number of hydrogen-bond donors (Lipinski definition) is 2. The quantitative estimate of drug-likeness (QED) is 0.876. The van der Waals surface area contributed by atoms with Crippen LogP contribution in [0.15, 0.2) is 48.5 Å². The Kier molecular flexibility index (Phi) is 5.43. The summed E-state index contributed by atoms with van der Waals surface area (Å²) >= 11 is 1.07. The summed E-state index contributed by atoms with van der Waals surface area (Å²) < 4.78 is 5.07. The number of rotatable bonds is 5. The molecule has 0 bridgehead atoms. The van der Waals surface area contributed by atoms with Crippen molar-refractivity contribution < 1.29 is 19.4 Å². The van der Waals surface area contributed by atoms with E-state index < -0.39 is 5.97 Å². The molecule has 2 aromatic carbocycles. The number of carboxylic acid groups (broad SMARTS) is 1. The Balaban J connectivity index is 1.94. The first-order valence-corrected chi connectivity index (χ1v) is 7.47. The molecule has 0 aliphatic rings. The fraction of sp³-hybridized carbons (Fsp3) is 0.125. The number of amides is 1. The summed E-state index contributed by atoms with van der Waals surface area (Å²) in [6, 6.07) is 13.7. The minimum Gasteiger partial charge on any atom is -0.497 e. The summed E-state index contributed by atoms with van der Waals surface area (Å²) in [6.45, 7) is 0. The molecule has 0 atom stereocenters.